The van der Waals surface area contributed by atoms with Gasteiger partial charge in [-0.05, 0) is 25.1 Å². The van der Waals surface area contributed by atoms with E-state index in [9.17, 15) is 10.1 Å². The van der Waals surface area contributed by atoms with Gasteiger partial charge in [-0.2, -0.15) is 10.4 Å². The van der Waals surface area contributed by atoms with Crippen LogP contribution in [0.2, 0.25) is 5.15 Å². The van der Waals surface area contributed by atoms with Gasteiger partial charge in [0.1, 0.15) is 5.69 Å². The van der Waals surface area contributed by atoms with Crippen molar-refractivity contribution in [1.29, 1.82) is 5.26 Å². The number of nitro groups is 1. The molecule has 0 unspecified atom stereocenters. The minimum atomic E-state index is -0.574. The van der Waals surface area contributed by atoms with E-state index in [2.05, 4.69) is 5.10 Å². The second-order valence-corrected chi connectivity index (χ2v) is 3.91. The molecule has 0 saturated heterocycles. The fourth-order valence-electron chi connectivity index (χ4n) is 1.58. The summed E-state index contributed by atoms with van der Waals surface area (Å²) in [7, 11) is 0. The van der Waals surface area contributed by atoms with Crippen LogP contribution >= 0.6 is 11.6 Å². The molecule has 0 radical (unpaired) electrons. The Hall–Kier alpha value is -2.39. The molecule has 0 amide bonds. The summed E-state index contributed by atoms with van der Waals surface area (Å²) in [6.45, 7) is 1.51. The van der Waals surface area contributed by atoms with Crippen LogP contribution in [-0.2, 0) is 0 Å². The number of benzene rings is 1. The maximum Gasteiger partial charge on any atom is 0.329 e. The zero-order chi connectivity index (χ0) is 13.3. The van der Waals surface area contributed by atoms with E-state index in [0.29, 0.717) is 11.3 Å². The fraction of sp³-hybridized carbons (Fsp3) is 0.0909. The summed E-state index contributed by atoms with van der Waals surface area (Å²) in [5.41, 5.74) is 0.945. The van der Waals surface area contributed by atoms with E-state index in [1.165, 1.54) is 11.6 Å². The van der Waals surface area contributed by atoms with Crippen LogP contribution in [0.3, 0.4) is 0 Å². The van der Waals surface area contributed by atoms with Gasteiger partial charge in [-0.3, -0.25) is 10.1 Å². The minimum Gasteiger partial charge on any atom is -0.258 e. The third-order valence-corrected chi connectivity index (χ3v) is 2.72. The molecule has 0 aliphatic rings. The molecule has 0 N–H and O–H groups in total. The maximum atomic E-state index is 10.8. The molecule has 1 aromatic carbocycles. The first kappa shape index (κ1) is 12.1. The molecule has 0 aliphatic carbocycles. The topological polar surface area (TPSA) is 84.8 Å². The molecular weight excluding hydrogens is 256 g/mol. The van der Waals surface area contributed by atoms with E-state index in [1.807, 2.05) is 6.07 Å². The van der Waals surface area contributed by atoms with Crippen molar-refractivity contribution in [3.8, 4) is 11.8 Å². The molecule has 18 heavy (non-hydrogen) atoms. The lowest BCUT2D eigenvalue weighted by Gasteiger charge is -2.01. The number of halogens is 1. The molecule has 2 rings (SSSR count). The molecule has 6 nitrogen and oxygen atoms in total. The number of nitrogens with zero attached hydrogens (tertiary/aromatic N) is 4. The van der Waals surface area contributed by atoms with Gasteiger partial charge in [0.2, 0.25) is 5.15 Å². The second-order valence-electron chi connectivity index (χ2n) is 3.56. The molecule has 1 heterocycles. The Morgan fingerprint density at radius 1 is 1.56 bits per heavy atom. The lowest BCUT2D eigenvalue weighted by atomic mass is 10.2. The Kier molecular flexibility index (Phi) is 3.00. The second kappa shape index (κ2) is 4.47. The molecule has 0 spiro atoms. The van der Waals surface area contributed by atoms with E-state index < -0.39 is 4.92 Å². The van der Waals surface area contributed by atoms with Gasteiger partial charge in [0.15, 0.2) is 0 Å². The van der Waals surface area contributed by atoms with Gasteiger partial charge in [0, 0.05) is 0 Å². The van der Waals surface area contributed by atoms with Crippen LogP contribution in [0.5, 0.6) is 0 Å². The van der Waals surface area contributed by atoms with Crippen molar-refractivity contribution in [2.24, 2.45) is 0 Å². The fourth-order valence-corrected chi connectivity index (χ4v) is 1.92. The van der Waals surface area contributed by atoms with Crippen LogP contribution < -0.4 is 0 Å². The van der Waals surface area contributed by atoms with Crippen molar-refractivity contribution in [2.45, 2.75) is 6.92 Å². The quantitative estimate of drug-likeness (QED) is 0.615. The highest BCUT2D eigenvalue weighted by molar-refractivity contribution is 6.32. The van der Waals surface area contributed by atoms with E-state index in [4.69, 9.17) is 16.9 Å². The molecule has 7 heteroatoms. The van der Waals surface area contributed by atoms with Crippen molar-refractivity contribution in [1.82, 2.24) is 9.78 Å². The maximum absolute atomic E-state index is 10.8. The number of nitriles is 1. The van der Waals surface area contributed by atoms with E-state index in [-0.39, 0.29) is 16.5 Å². The highest BCUT2D eigenvalue weighted by atomic mass is 35.5. The smallest absolute Gasteiger partial charge is 0.258 e. The lowest BCUT2D eigenvalue weighted by molar-refractivity contribution is -0.385. The molecule has 2 aromatic rings. The third-order valence-electron chi connectivity index (χ3n) is 2.38. The Morgan fingerprint density at radius 3 is 2.83 bits per heavy atom. The normalized spacial score (nSPS) is 10.1. The molecule has 0 saturated carbocycles. The van der Waals surface area contributed by atoms with Crippen LogP contribution in [0, 0.1) is 28.4 Å². The number of aromatic nitrogens is 2. The number of hydrogen-bond donors (Lipinski definition) is 0. The van der Waals surface area contributed by atoms with Crippen LogP contribution in [0.1, 0.15) is 11.3 Å². The Labute approximate surface area is 107 Å². The average molecular weight is 263 g/mol. The SMILES string of the molecule is Cc1nn(-c2cccc(C#N)c2)c(Cl)c1[N+](=O)[O-]. The minimum absolute atomic E-state index is 0.0763. The molecule has 0 aliphatic heterocycles. The van der Waals surface area contributed by atoms with Crippen molar-refractivity contribution in [3.05, 3.63) is 50.8 Å². The van der Waals surface area contributed by atoms with Crippen LogP contribution in [-0.4, -0.2) is 14.7 Å². The van der Waals surface area contributed by atoms with Crippen LogP contribution in [0.25, 0.3) is 5.69 Å². The third kappa shape index (κ3) is 1.92. The lowest BCUT2D eigenvalue weighted by Crippen LogP contribution is -1.97. The van der Waals surface area contributed by atoms with Gasteiger partial charge < -0.3 is 0 Å². The summed E-state index contributed by atoms with van der Waals surface area (Å²) < 4.78 is 1.25. The zero-order valence-electron chi connectivity index (χ0n) is 9.29. The van der Waals surface area contributed by atoms with Gasteiger partial charge in [-0.15, -0.1) is 0 Å². The van der Waals surface area contributed by atoms with Gasteiger partial charge in [-0.25, -0.2) is 4.68 Å². The van der Waals surface area contributed by atoms with Crippen molar-refractivity contribution < 1.29 is 4.92 Å². The first-order valence-electron chi connectivity index (χ1n) is 4.94. The molecule has 0 bridgehead atoms. The zero-order valence-corrected chi connectivity index (χ0v) is 10.0. The largest absolute Gasteiger partial charge is 0.329 e. The standard InChI is InChI=1S/C11H7ClN4O2/c1-7-10(16(17)18)11(12)15(14-7)9-4-2-3-8(5-9)6-13/h2-5H,1H3. The highest BCUT2D eigenvalue weighted by Gasteiger charge is 2.24. The van der Waals surface area contributed by atoms with E-state index in [1.54, 1.807) is 24.3 Å². The monoisotopic (exact) mass is 262 g/mol. The van der Waals surface area contributed by atoms with Gasteiger partial charge in [0.05, 0.1) is 22.2 Å². The number of aryl methyl sites for hydroxylation is 1. The first-order valence-corrected chi connectivity index (χ1v) is 5.32. The van der Waals surface area contributed by atoms with Crippen LogP contribution in [0.4, 0.5) is 5.69 Å². The van der Waals surface area contributed by atoms with Crippen LogP contribution in [0.15, 0.2) is 24.3 Å². The van der Waals surface area contributed by atoms with E-state index in [0.717, 1.165) is 0 Å². The van der Waals surface area contributed by atoms with Gasteiger partial charge >= 0.3 is 5.69 Å². The molecule has 0 atom stereocenters. The Bertz CT molecular complexity index is 672. The predicted molar refractivity (Wildman–Crippen MR) is 64.7 cm³/mol. The average Bonchev–Trinajstić information content (AvgIpc) is 2.65. The summed E-state index contributed by atoms with van der Waals surface area (Å²) >= 11 is 5.93. The number of hydrogen-bond acceptors (Lipinski definition) is 4. The summed E-state index contributed by atoms with van der Waals surface area (Å²) in [5.74, 6) is 0. The predicted octanol–water partition coefficient (Wildman–Crippen LogP) is 2.61. The van der Waals surface area contributed by atoms with Gasteiger partial charge in [0.25, 0.3) is 0 Å². The summed E-state index contributed by atoms with van der Waals surface area (Å²) in [6, 6.07) is 8.50. The van der Waals surface area contributed by atoms with Crippen molar-refractivity contribution in [2.75, 3.05) is 0 Å². The van der Waals surface area contributed by atoms with Crippen molar-refractivity contribution in [3.63, 3.8) is 0 Å². The van der Waals surface area contributed by atoms with Crippen molar-refractivity contribution >= 4 is 17.3 Å². The molecular formula is C11H7ClN4O2. The van der Waals surface area contributed by atoms with E-state index >= 15 is 0 Å². The first-order chi connectivity index (χ1) is 8.54. The number of rotatable bonds is 2. The summed E-state index contributed by atoms with van der Waals surface area (Å²) in [4.78, 5) is 10.3. The highest BCUT2D eigenvalue weighted by Crippen LogP contribution is 2.30. The molecule has 0 fully saturated rings. The Morgan fingerprint density at radius 2 is 2.28 bits per heavy atom. The van der Waals surface area contributed by atoms with Gasteiger partial charge in [-0.1, -0.05) is 17.7 Å². The molecule has 90 valence electrons. The summed E-state index contributed by atoms with van der Waals surface area (Å²) in [6.07, 6.45) is 0. The summed E-state index contributed by atoms with van der Waals surface area (Å²) in [5, 5.41) is 23.6. The Balaban J connectivity index is 2.62. The molecule has 1 aromatic heterocycles.